The fourth-order valence-electron chi connectivity index (χ4n) is 3.60. The zero-order valence-electron chi connectivity index (χ0n) is 14.9. The molecule has 4 heteroatoms. The van der Waals surface area contributed by atoms with Crippen molar-refractivity contribution >= 4 is 21.5 Å². The van der Waals surface area contributed by atoms with Gasteiger partial charge in [-0.1, -0.05) is 48.5 Å². The summed E-state index contributed by atoms with van der Waals surface area (Å²) in [7, 11) is 2.47. The minimum Gasteiger partial charge on any atom is -0.481 e. The molecule has 3 atom stereocenters. The molecule has 0 aliphatic carbocycles. The van der Waals surface area contributed by atoms with Gasteiger partial charge in [0.1, 0.15) is 6.29 Å². The molecular weight excluding hydrogens is 283 g/mol. The second-order valence-corrected chi connectivity index (χ2v) is 10.2. The highest BCUT2D eigenvalue weighted by Gasteiger charge is 2.44. The van der Waals surface area contributed by atoms with Crippen LogP contribution < -0.4 is 0 Å². The number of carboxylic acids is 1. The number of aliphatic carboxylic acids is 1. The molecule has 0 aliphatic heterocycles. The fraction of sp³-hybridized carbons (Fsp3) is 0.882. The number of hydrogen-bond donors (Lipinski definition) is 1. The van der Waals surface area contributed by atoms with E-state index in [-0.39, 0.29) is 22.2 Å². The van der Waals surface area contributed by atoms with Gasteiger partial charge in [0.2, 0.25) is 0 Å². The maximum Gasteiger partial charge on any atom is 0.313 e. The molecular formula is C17H33O3P. The lowest BCUT2D eigenvalue weighted by atomic mass is 9.59. The molecule has 0 bridgehead atoms. The summed E-state index contributed by atoms with van der Waals surface area (Å²) in [4.78, 5) is 22.6. The Morgan fingerprint density at radius 2 is 1.43 bits per heavy atom. The van der Waals surface area contributed by atoms with E-state index < -0.39 is 11.1 Å². The van der Waals surface area contributed by atoms with Crippen molar-refractivity contribution in [1.82, 2.24) is 0 Å². The maximum absolute atomic E-state index is 11.4. The second-order valence-electron chi connectivity index (χ2n) is 8.88. The van der Waals surface area contributed by atoms with Gasteiger partial charge in [0, 0.05) is 5.41 Å². The number of carbonyl (C=O) groups excluding carboxylic acids is 1. The summed E-state index contributed by atoms with van der Waals surface area (Å²) >= 11 is 0. The molecule has 0 aromatic rings. The maximum atomic E-state index is 11.4. The first-order valence-corrected chi connectivity index (χ1v) is 8.14. The van der Waals surface area contributed by atoms with Crippen molar-refractivity contribution in [2.45, 2.75) is 73.4 Å². The Hall–Kier alpha value is -0.430. The van der Waals surface area contributed by atoms with E-state index in [1.165, 1.54) is 0 Å². The van der Waals surface area contributed by atoms with Gasteiger partial charge in [0.25, 0.3) is 0 Å². The van der Waals surface area contributed by atoms with E-state index in [1.54, 1.807) is 6.92 Å². The van der Waals surface area contributed by atoms with E-state index in [9.17, 15) is 14.7 Å². The Kier molecular flexibility index (Phi) is 6.23. The zero-order chi connectivity index (χ0) is 17.3. The third kappa shape index (κ3) is 5.70. The molecule has 124 valence electrons. The number of aldehydes is 1. The Balaban J connectivity index is 5.24. The minimum atomic E-state index is -0.825. The topological polar surface area (TPSA) is 54.4 Å². The number of rotatable bonds is 8. The first-order chi connectivity index (χ1) is 9.07. The van der Waals surface area contributed by atoms with Crippen molar-refractivity contribution in [2.75, 3.05) is 0 Å². The van der Waals surface area contributed by atoms with Crippen molar-refractivity contribution in [3.8, 4) is 0 Å². The fourth-order valence-corrected chi connectivity index (χ4v) is 4.13. The first-order valence-electron chi connectivity index (χ1n) is 7.56. The molecule has 0 fully saturated rings. The predicted molar refractivity (Wildman–Crippen MR) is 91.6 cm³/mol. The van der Waals surface area contributed by atoms with Crippen LogP contribution in [0.2, 0.25) is 0 Å². The molecule has 0 spiro atoms. The molecule has 3 nitrogen and oxygen atoms in total. The SMILES string of the molecule is CC(C(C)(C)CC(C)(C)C=O)C(C)(C)CC(C)(P)C(=O)O. The zero-order valence-corrected chi connectivity index (χ0v) is 16.1. The standard InChI is InChI=1S/C17H33O3P/c1-12(15(4,5)9-14(2,3)11-18)16(6,7)10-17(8,21)13(19)20/h11-12H,9-10,21H2,1-8H3,(H,19,20). The van der Waals surface area contributed by atoms with Crippen molar-refractivity contribution in [1.29, 1.82) is 0 Å². The largest absolute Gasteiger partial charge is 0.481 e. The second kappa shape index (κ2) is 6.36. The van der Waals surface area contributed by atoms with Crippen molar-refractivity contribution < 1.29 is 14.7 Å². The van der Waals surface area contributed by atoms with E-state index in [4.69, 9.17) is 0 Å². The van der Waals surface area contributed by atoms with Crippen LogP contribution in [0.15, 0.2) is 0 Å². The lowest BCUT2D eigenvalue weighted by Gasteiger charge is -2.47. The van der Waals surface area contributed by atoms with Crippen LogP contribution in [0, 0.1) is 22.2 Å². The van der Waals surface area contributed by atoms with Crippen LogP contribution in [-0.4, -0.2) is 22.5 Å². The smallest absolute Gasteiger partial charge is 0.313 e. The first kappa shape index (κ1) is 20.6. The van der Waals surface area contributed by atoms with Gasteiger partial charge in [0.15, 0.2) is 0 Å². The molecule has 0 radical (unpaired) electrons. The average Bonchev–Trinajstić information content (AvgIpc) is 2.25. The van der Waals surface area contributed by atoms with E-state index in [0.717, 1.165) is 12.7 Å². The normalized spacial score (nSPS) is 18.0. The van der Waals surface area contributed by atoms with Crippen LogP contribution >= 0.6 is 9.24 Å². The van der Waals surface area contributed by atoms with Gasteiger partial charge in [-0.05, 0) is 36.5 Å². The molecule has 0 amide bonds. The highest BCUT2D eigenvalue weighted by molar-refractivity contribution is 7.20. The molecule has 21 heavy (non-hydrogen) atoms. The van der Waals surface area contributed by atoms with Gasteiger partial charge >= 0.3 is 5.97 Å². The minimum absolute atomic E-state index is 0.0485. The van der Waals surface area contributed by atoms with Gasteiger partial charge in [-0.25, -0.2) is 0 Å². The summed E-state index contributed by atoms with van der Waals surface area (Å²) in [5, 5.41) is 8.52. The van der Waals surface area contributed by atoms with Gasteiger partial charge in [-0.3, -0.25) is 4.79 Å². The lowest BCUT2D eigenvalue weighted by molar-refractivity contribution is -0.140. The molecule has 0 rings (SSSR count). The summed E-state index contributed by atoms with van der Waals surface area (Å²) < 4.78 is 0. The molecule has 0 saturated carbocycles. The van der Waals surface area contributed by atoms with E-state index in [0.29, 0.717) is 6.42 Å². The number of hydrogen-bond acceptors (Lipinski definition) is 2. The summed E-state index contributed by atoms with van der Waals surface area (Å²) in [6.45, 7) is 16.4. The summed E-state index contributed by atoms with van der Waals surface area (Å²) in [5.41, 5.74) is -0.546. The van der Waals surface area contributed by atoms with Crippen LogP contribution in [0.25, 0.3) is 0 Å². The van der Waals surface area contributed by atoms with Gasteiger partial charge in [0.05, 0.1) is 5.16 Å². The van der Waals surface area contributed by atoms with Crippen molar-refractivity contribution in [3.05, 3.63) is 0 Å². The summed E-state index contributed by atoms with van der Waals surface area (Å²) in [6.07, 6.45) is 2.38. The lowest BCUT2D eigenvalue weighted by Crippen LogP contribution is -2.42. The molecule has 0 aliphatic rings. The Labute approximate surface area is 132 Å². The summed E-state index contributed by atoms with van der Waals surface area (Å²) in [5.74, 6) is -0.512. The van der Waals surface area contributed by atoms with E-state index in [2.05, 4.69) is 43.9 Å². The van der Waals surface area contributed by atoms with Crippen molar-refractivity contribution in [2.24, 2.45) is 22.2 Å². The van der Waals surface area contributed by atoms with Crippen LogP contribution in [0.1, 0.15) is 68.2 Å². The molecule has 0 saturated heterocycles. The van der Waals surface area contributed by atoms with Crippen molar-refractivity contribution in [3.63, 3.8) is 0 Å². The Bertz CT molecular complexity index is 395. The highest BCUT2D eigenvalue weighted by Crippen LogP contribution is 2.50. The Morgan fingerprint density at radius 1 is 1.05 bits per heavy atom. The van der Waals surface area contributed by atoms with Crippen LogP contribution in [-0.2, 0) is 9.59 Å². The van der Waals surface area contributed by atoms with Gasteiger partial charge in [-0.2, -0.15) is 0 Å². The Morgan fingerprint density at radius 3 is 1.76 bits per heavy atom. The summed E-state index contributed by atoms with van der Waals surface area (Å²) in [6, 6.07) is 0. The molecule has 0 aromatic carbocycles. The molecule has 3 unspecified atom stereocenters. The van der Waals surface area contributed by atoms with Crippen LogP contribution in [0.4, 0.5) is 0 Å². The van der Waals surface area contributed by atoms with Gasteiger partial charge < -0.3 is 9.90 Å². The monoisotopic (exact) mass is 316 g/mol. The molecule has 0 aromatic heterocycles. The molecule has 1 N–H and O–H groups in total. The highest BCUT2D eigenvalue weighted by atomic mass is 31.0. The molecule has 0 heterocycles. The van der Waals surface area contributed by atoms with Crippen LogP contribution in [0.3, 0.4) is 0 Å². The van der Waals surface area contributed by atoms with E-state index >= 15 is 0 Å². The predicted octanol–water partition coefficient (Wildman–Crippen LogP) is 4.40. The van der Waals surface area contributed by atoms with E-state index in [1.807, 2.05) is 13.8 Å². The number of carbonyl (C=O) groups is 2. The van der Waals surface area contributed by atoms with Crippen LogP contribution in [0.5, 0.6) is 0 Å². The van der Waals surface area contributed by atoms with Gasteiger partial charge in [-0.15, -0.1) is 9.24 Å². The third-order valence-corrected chi connectivity index (χ3v) is 5.34. The number of carboxylic acid groups (broad SMARTS) is 1. The third-order valence-electron chi connectivity index (χ3n) is 4.89. The quantitative estimate of drug-likeness (QED) is 0.533. The average molecular weight is 316 g/mol.